The summed E-state index contributed by atoms with van der Waals surface area (Å²) in [6.45, 7) is 18.5. The van der Waals surface area contributed by atoms with E-state index in [1.807, 2.05) is 83.8 Å². The van der Waals surface area contributed by atoms with E-state index in [1.54, 1.807) is 14.2 Å². The molecule has 2 saturated heterocycles. The van der Waals surface area contributed by atoms with Gasteiger partial charge in [0.15, 0.2) is 5.78 Å². The van der Waals surface area contributed by atoms with Crippen LogP contribution >= 0.6 is 0 Å². The molecule has 73 heavy (non-hydrogen) atoms. The maximum Gasteiger partial charge on any atom is 0.272 e. The summed E-state index contributed by atoms with van der Waals surface area (Å²) in [6, 6.07) is 8.33. The molecule has 16 heteroatoms. The number of ketones is 1. The number of likely N-dealkylation sites (tertiary alicyclic amines) is 1. The molecule has 11 atom stereocenters. The van der Waals surface area contributed by atoms with Crippen LogP contribution in [-0.2, 0) is 47.9 Å². The van der Waals surface area contributed by atoms with Crippen molar-refractivity contribution in [2.24, 2.45) is 35.5 Å². The van der Waals surface area contributed by atoms with Gasteiger partial charge in [-0.2, -0.15) is 0 Å². The third-order valence-electron chi connectivity index (χ3n) is 16.4. The van der Waals surface area contributed by atoms with Gasteiger partial charge < -0.3 is 25.0 Å². The molecule has 3 aliphatic heterocycles. The highest BCUT2D eigenvalue weighted by Crippen LogP contribution is 2.53. The fraction of sp³-hybridized carbons (Fsp3) is 0.737. The van der Waals surface area contributed by atoms with Gasteiger partial charge in [0.05, 0.1) is 49.3 Å². The Kier molecular flexibility index (Phi) is 22.7. The maximum absolute atomic E-state index is 14.5. The summed E-state index contributed by atoms with van der Waals surface area (Å²) in [5, 5.41) is 7.76. The number of carbonyl (C=O) groups excluding carboxylic acids is 7. The number of imide groups is 1. The Balaban J connectivity index is 1.17. The molecule has 3 heterocycles. The standard InChI is InChI=1S/C57H90N6O10/c1-12-39(6)43(27-26-40(7)52(67)50(37(2)3)58-55(69)51(38(4)5)60(9)30-18-13-14-19-31-62-47(64)28-29-48(62)65)46(71-10)35-49(66)61-32-22-25-45(61)53(72-11)41(8)54(68)59-57(56(70)63-33-20-21-34-73-63)36-44(57)42-23-16-15-17-24-42/h15-17,23-24,28-29,37-41,43-46,50-51,53H,12-14,18-22,25-27,30-36H2,1-11H3,(H,58,69)(H,59,68). The normalized spacial score (nSPS) is 23.3. The van der Waals surface area contributed by atoms with E-state index in [1.165, 1.54) is 22.1 Å². The fourth-order valence-electron chi connectivity index (χ4n) is 11.7. The molecule has 5 rings (SSSR count). The van der Waals surface area contributed by atoms with Crippen LogP contribution in [0.15, 0.2) is 42.5 Å². The summed E-state index contributed by atoms with van der Waals surface area (Å²) in [7, 11) is 5.17. The second kappa shape index (κ2) is 27.9. The highest BCUT2D eigenvalue weighted by Gasteiger charge is 2.64. The van der Waals surface area contributed by atoms with Crippen LogP contribution in [0.1, 0.15) is 150 Å². The molecule has 0 bridgehead atoms. The molecule has 16 nitrogen and oxygen atoms in total. The summed E-state index contributed by atoms with van der Waals surface area (Å²) >= 11 is 0. The Morgan fingerprint density at radius 1 is 0.836 bits per heavy atom. The molecule has 1 aromatic carbocycles. The van der Waals surface area contributed by atoms with E-state index in [9.17, 15) is 33.6 Å². The Morgan fingerprint density at radius 3 is 2.12 bits per heavy atom. The minimum absolute atomic E-state index is 0.000608. The lowest BCUT2D eigenvalue weighted by Crippen LogP contribution is -2.56. The minimum Gasteiger partial charge on any atom is -0.381 e. The molecule has 0 aromatic heterocycles. The van der Waals surface area contributed by atoms with Crippen LogP contribution < -0.4 is 10.6 Å². The number of Topliss-reactive ketones (excluding diaryl/α,β-unsaturated/α-hetero) is 1. The Labute approximate surface area is 436 Å². The first-order valence-electron chi connectivity index (χ1n) is 27.6. The first kappa shape index (κ1) is 59.4. The number of nitrogens with one attached hydrogen (secondary N) is 2. The number of nitrogens with zero attached hydrogens (tertiary/aromatic N) is 4. The first-order valence-corrected chi connectivity index (χ1v) is 27.6. The van der Waals surface area contributed by atoms with E-state index in [0.717, 1.165) is 56.9 Å². The lowest BCUT2D eigenvalue weighted by molar-refractivity contribution is -0.200. The molecule has 3 fully saturated rings. The smallest absolute Gasteiger partial charge is 0.272 e. The molecule has 4 aliphatic rings. The maximum atomic E-state index is 14.5. The van der Waals surface area contributed by atoms with Crippen LogP contribution in [0, 0.1) is 35.5 Å². The van der Waals surface area contributed by atoms with Crippen LogP contribution in [0.25, 0.3) is 0 Å². The van der Waals surface area contributed by atoms with Gasteiger partial charge in [-0.05, 0) is 101 Å². The third-order valence-corrected chi connectivity index (χ3v) is 16.4. The molecule has 11 unspecified atom stereocenters. The van der Waals surface area contributed by atoms with Gasteiger partial charge in [-0.25, -0.2) is 5.06 Å². The summed E-state index contributed by atoms with van der Waals surface area (Å²) in [4.78, 5) is 106. The zero-order valence-electron chi connectivity index (χ0n) is 46.1. The monoisotopic (exact) mass is 1020 g/mol. The number of rotatable bonds is 30. The van der Waals surface area contributed by atoms with Crippen molar-refractivity contribution in [3.63, 3.8) is 0 Å². The molecule has 1 saturated carbocycles. The highest BCUT2D eigenvalue weighted by molar-refractivity contribution is 6.12. The van der Waals surface area contributed by atoms with E-state index in [2.05, 4.69) is 29.4 Å². The van der Waals surface area contributed by atoms with Gasteiger partial charge in [-0.3, -0.25) is 48.2 Å². The van der Waals surface area contributed by atoms with Gasteiger partial charge in [0.2, 0.25) is 17.7 Å². The molecular weight excluding hydrogens is 929 g/mol. The molecule has 6 amide bonds. The predicted molar refractivity (Wildman–Crippen MR) is 280 cm³/mol. The topological polar surface area (TPSA) is 184 Å². The van der Waals surface area contributed by atoms with Crippen LogP contribution in [0.5, 0.6) is 0 Å². The van der Waals surface area contributed by atoms with Gasteiger partial charge >= 0.3 is 0 Å². The molecule has 0 radical (unpaired) electrons. The van der Waals surface area contributed by atoms with E-state index in [0.29, 0.717) is 58.5 Å². The van der Waals surface area contributed by atoms with Crippen molar-refractivity contribution in [2.75, 3.05) is 54.1 Å². The van der Waals surface area contributed by atoms with Crippen LogP contribution in [0.2, 0.25) is 0 Å². The highest BCUT2D eigenvalue weighted by atomic mass is 16.7. The average Bonchev–Trinajstić information content (AvgIpc) is 3.72. The quantitative estimate of drug-likeness (QED) is 0.0607. The summed E-state index contributed by atoms with van der Waals surface area (Å²) in [5.41, 5.74) is -0.150. The van der Waals surface area contributed by atoms with Gasteiger partial charge in [-0.15, -0.1) is 0 Å². The van der Waals surface area contributed by atoms with Gasteiger partial charge in [0.1, 0.15) is 5.54 Å². The number of benzene rings is 1. The molecule has 0 spiro atoms. The Morgan fingerprint density at radius 2 is 1.52 bits per heavy atom. The summed E-state index contributed by atoms with van der Waals surface area (Å²) < 4.78 is 12.3. The Hall–Kier alpha value is -4.51. The lowest BCUT2D eigenvalue weighted by atomic mass is 9.79. The van der Waals surface area contributed by atoms with Crippen molar-refractivity contribution in [1.82, 2.24) is 30.4 Å². The van der Waals surface area contributed by atoms with E-state index in [4.69, 9.17) is 14.3 Å². The van der Waals surface area contributed by atoms with E-state index < -0.39 is 35.7 Å². The lowest BCUT2D eigenvalue weighted by Gasteiger charge is -2.37. The predicted octanol–water partition coefficient (Wildman–Crippen LogP) is 6.86. The van der Waals surface area contributed by atoms with Crippen LogP contribution in [-0.4, -0.2) is 151 Å². The van der Waals surface area contributed by atoms with Crippen molar-refractivity contribution in [3.8, 4) is 0 Å². The number of ether oxygens (including phenoxy) is 2. The largest absolute Gasteiger partial charge is 0.381 e. The average molecular weight is 1020 g/mol. The molecular formula is C57H90N6O10. The number of hydrogen-bond acceptors (Lipinski definition) is 11. The number of carbonyl (C=O) groups is 7. The van der Waals surface area contributed by atoms with Crippen molar-refractivity contribution in [2.45, 2.75) is 181 Å². The fourth-order valence-corrected chi connectivity index (χ4v) is 11.7. The number of amides is 6. The number of hydrogen-bond donors (Lipinski definition) is 2. The first-order chi connectivity index (χ1) is 34.8. The van der Waals surface area contributed by atoms with Crippen molar-refractivity contribution < 1.29 is 47.9 Å². The SMILES string of the molecule is CCC(C)C(CCC(C)C(=O)C(NC(=O)C(C(C)C)N(C)CCCCCCN1C(=O)C=CC1=O)C(C)C)C(CC(=O)N1CCCC1C(OC)C(C)C(=O)NC1(C(=O)N2CCCCO2)CC1c1ccccc1)OC. The summed E-state index contributed by atoms with van der Waals surface area (Å²) in [6.07, 6.45) is 10.7. The third kappa shape index (κ3) is 15.1. The van der Waals surface area contributed by atoms with E-state index >= 15 is 0 Å². The van der Waals surface area contributed by atoms with Crippen LogP contribution in [0.4, 0.5) is 0 Å². The number of unbranched alkanes of at least 4 members (excludes halogenated alkanes) is 3. The van der Waals surface area contributed by atoms with Crippen molar-refractivity contribution in [1.29, 1.82) is 0 Å². The number of hydroxylamine groups is 2. The number of methoxy groups -OCH3 is 2. The van der Waals surface area contributed by atoms with Crippen molar-refractivity contribution in [3.05, 3.63) is 48.0 Å². The minimum atomic E-state index is -1.13. The second-order valence-corrected chi connectivity index (χ2v) is 22.2. The van der Waals surface area contributed by atoms with Crippen molar-refractivity contribution >= 4 is 41.2 Å². The van der Waals surface area contributed by atoms with Gasteiger partial charge in [0, 0.05) is 57.8 Å². The zero-order chi connectivity index (χ0) is 53.6. The van der Waals surface area contributed by atoms with E-state index in [-0.39, 0.29) is 89.2 Å². The zero-order valence-corrected chi connectivity index (χ0v) is 46.1. The molecule has 2 N–H and O–H groups in total. The van der Waals surface area contributed by atoms with Gasteiger partial charge in [-0.1, -0.05) is 105 Å². The Bertz CT molecular complexity index is 2030. The molecule has 408 valence electrons. The molecule has 1 aromatic rings. The molecule has 1 aliphatic carbocycles. The number of likely N-dealkylation sites (N-methyl/N-ethyl adjacent to an activating group) is 1. The van der Waals surface area contributed by atoms with Crippen LogP contribution in [0.3, 0.4) is 0 Å². The second-order valence-electron chi connectivity index (χ2n) is 22.2. The summed E-state index contributed by atoms with van der Waals surface area (Å²) in [5.74, 6) is -2.51. The van der Waals surface area contributed by atoms with Gasteiger partial charge in [0.25, 0.3) is 17.7 Å².